The Kier molecular flexibility index (Phi) is 2.61. The Morgan fingerprint density at radius 1 is 1.38 bits per heavy atom. The fourth-order valence-corrected chi connectivity index (χ4v) is 2.83. The largest absolute Gasteiger partial charge is 0.324 e. The van der Waals surface area contributed by atoms with Crippen molar-refractivity contribution in [2.45, 2.75) is 44.6 Å². The highest BCUT2D eigenvalue weighted by Gasteiger charge is 2.33. The minimum Gasteiger partial charge on any atom is -0.324 e. The van der Waals surface area contributed by atoms with Crippen molar-refractivity contribution in [3.63, 3.8) is 0 Å². The minimum atomic E-state index is 0.151. The first-order chi connectivity index (χ1) is 6.18. The van der Waals surface area contributed by atoms with Gasteiger partial charge in [0.15, 0.2) is 0 Å². The molecular formula is C11H22N2. The van der Waals surface area contributed by atoms with Gasteiger partial charge < -0.3 is 10.6 Å². The number of nitrogens with two attached hydrogens (primary N) is 1. The minimum absolute atomic E-state index is 0.151. The summed E-state index contributed by atoms with van der Waals surface area (Å²) in [7, 11) is 0. The molecule has 0 bridgehead atoms. The fraction of sp³-hybridized carbons (Fsp3) is 1.00. The molecule has 1 saturated heterocycles. The Morgan fingerprint density at radius 3 is 2.69 bits per heavy atom. The van der Waals surface area contributed by atoms with E-state index in [4.69, 9.17) is 5.73 Å². The van der Waals surface area contributed by atoms with Crippen molar-refractivity contribution in [1.82, 2.24) is 4.90 Å². The SMILES string of the molecule is CC1CCCC(N)(CN2CCC2)C1. The van der Waals surface area contributed by atoms with E-state index in [-0.39, 0.29) is 5.54 Å². The lowest BCUT2D eigenvalue weighted by Crippen LogP contribution is -2.55. The van der Waals surface area contributed by atoms with Crippen molar-refractivity contribution in [2.75, 3.05) is 19.6 Å². The molecule has 0 amide bonds. The third-order valence-electron chi connectivity index (χ3n) is 3.61. The van der Waals surface area contributed by atoms with Gasteiger partial charge in [-0.2, -0.15) is 0 Å². The summed E-state index contributed by atoms with van der Waals surface area (Å²) in [6.07, 6.45) is 6.59. The molecule has 76 valence electrons. The Morgan fingerprint density at radius 2 is 2.15 bits per heavy atom. The average Bonchev–Trinajstić information content (AvgIpc) is 1.97. The normalized spacial score (nSPS) is 41.5. The molecule has 0 spiro atoms. The highest BCUT2D eigenvalue weighted by molar-refractivity contribution is 4.93. The Hall–Kier alpha value is -0.0800. The van der Waals surface area contributed by atoms with E-state index >= 15 is 0 Å². The van der Waals surface area contributed by atoms with Crippen LogP contribution in [0, 0.1) is 5.92 Å². The predicted molar refractivity (Wildman–Crippen MR) is 55.6 cm³/mol. The summed E-state index contributed by atoms with van der Waals surface area (Å²) in [5.41, 5.74) is 6.57. The van der Waals surface area contributed by atoms with Gasteiger partial charge in [0.25, 0.3) is 0 Å². The summed E-state index contributed by atoms with van der Waals surface area (Å²) in [5.74, 6) is 0.847. The molecule has 0 aromatic carbocycles. The van der Waals surface area contributed by atoms with E-state index in [0.717, 1.165) is 12.5 Å². The number of hydrogen-bond acceptors (Lipinski definition) is 2. The molecule has 0 aromatic heterocycles. The van der Waals surface area contributed by atoms with Crippen LogP contribution in [0.2, 0.25) is 0 Å². The lowest BCUT2D eigenvalue weighted by Gasteiger charge is -2.43. The van der Waals surface area contributed by atoms with Gasteiger partial charge in [0.1, 0.15) is 0 Å². The van der Waals surface area contributed by atoms with Crippen molar-refractivity contribution in [2.24, 2.45) is 11.7 Å². The lowest BCUT2D eigenvalue weighted by molar-refractivity contribution is 0.105. The van der Waals surface area contributed by atoms with Crippen LogP contribution in [0.15, 0.2) is 0 Å². The van der Waals surface area contributed by atoms with Gasteiger partial charge in [0, 0.05) is 12.1 Å². The van der Waals surface area contributed by atoms with Gasteiger partial charge in [-0.3, -0.25) is 0 Å². The number of nitrogens with zero attached hydrogens (tertiary/aromatic N) is 1. The maximum atomic E-state index is 6.42. The summed E-state index contributed by atoms with van der Waals surface area (Å²) < 4.78 is 0. The van der Waals surface area contributed by atoms with Crippen LogP contribution in [0.5, 0.6) is 0 Å². The van der Waals surface area contributed by atoms with Gasteiger partial charge in [-0.05, 0) is 38.3 Å². The highest BCUT2D eigenvalue weighted by Crippen LogP contribution is 2.31. The topological polar surface area (TPSA) is 29.3 Å². The van der Waals surface area contributed by atoms with Gasteiger partial charge in [0.2, 0.25) is 0 Å². The van der Waals surface area contributed by atoms with E-state index in [1.54, 1.807) is 0 Å². The molecule has 13 heavy (non-hydrogen) atoms. The summed E-state index contributed by atoms with van der Waals surface area (Å²) in [6.45, 7) is 6.06. The molecule has 2 heteroatoms. The van der Waals surface area contributed by atoms with Gasteiger partial charge in [0.05, 0.1) is 0 Å². The van der Waals surface area contributed by atoms with Crippen LogP contribution in [0.3, 0.4) is 0 Å². The standard InChI is InChI=1S/C11H22N2/c1-10-4-2-5-11(12,8-10)9-13-6-3-7-13/h10H,2-9,12H2,1H3. The second-order valence-electron chi connectivity index (χ2n) is 5.19. The molecule has 1 saturated carbocycles. The van der Waals surface area contributed by atoms with E-state index in [0.29, 0.717) is 0 Å². The van der Waals surface area contributed by atoms with Crippen LogP contribution in [-0.2, 0) is 0 Å². The van der Waals surface area contributed by atoms with Crippen molar-refractivity contribution in [1.29, 1.82) is 0 Å². The molecule has 1 aliphatic heterocycles. The molecule has 2 nitrogen and oxygen atoms in total. The first kappa shape index (κ1) is 9.47. The molecule has 2 atom stereocenters. The fourth-order valence-electron chi connectivity index (χ4n) is 2.83. The Balaban J connectivity index is 1.85. The van der Waals surface area contributed by atoms with Crippen LogP contribution in [0.1, 0.15) is 39.0 Å². The lowest BCUT2D eigenvalue weighted by atomic mass is 9.76. The van der Waals surface area contributed by atoms with E-state index in [9.17, 15) is 0 Å². The molecule has 2 N–H and O–H groups in total. The summed E-state index contributed by atoms with van der Waals surface area (Å²) in [5, 5.41) is 0. The molecule has 2 rings (SSSR count). The molecule has 2 aliphatic rings. The summed E-state index contributed by atoms with van der Waals surface area (Å²) >= 11 is 0. The average molecular weight is 182 g/mol. The van der Waals surface area contributed by atoms with Gasteiger partial charge in [-0.25, -0.2) is 0 Å². The predicted octanol–water partition coefficient (Wildman–Crippen LogP) is 1.60. The maximum Gasteiger partial charge on any atom is 0.0285 e. The summed E-state index contributed by atoms with van der Waals surface area (Å²) in [4.78, 5) is 2.51. The molecule has 1 heterocycles. The van der Waals surface area contributed by atoms with E-state index in [1.165, 1.54) is 45.2 Å². The van der Waals surface area contributed by atoms with Crippen LogP contribution < -0.4 is 5.73 Å². The molecule has 1 aliphatic carbocycles. The van der Waals surface area contributed by atoms with Crippen molar-refractivity contribution in [3.05, 3.63) is 0 Å². The van der Waals surface area contributed by atoms with Crippen LogP contribution in [0.4, 0.5) is 0 Å². The number of likely N-dealkylation sites (tertiary alicyclic amines) is 1. The molecule has 2 unspecified atom stereocenters. The van der Waals surface area contributed by atoms with Crippen molar-refractivity contribution in [3.8, 4) is 0 Å². The quantitative estimate of drug-likeness (QED) is 0.703. The second kappa shape index (κ2) is 3.58. The van der Waals surface area contributed by atoms with Crippen LogP contribution in [0.25, 0.3) is 0 Å². The van der Waals surface area contributed by atoms with Gasteiger partial charge in [-0.1, -0.05) is 19.8 Å². The Bertz CT molecular complexity index is 177. The van der Waals surface area contributed by atoms with Gasteiger partial charge >= 0.3 is 0 Å². The molecule has 0 radical (unpaired) electrons. The van der Waals surface area contributed by atoms with E-state index in [2.05, 4.69) is 11.8 Å². The second-order valence-corrected chi connectivity index (χ2v) is 5.19. The third-order valence-corrected chi connectivity index (χ3v) is 3.61. The maximum absolute atomic E-state index is 6.42. The zero-order valence-electron chi connectivity index (χ0n) is 8.76. The summed E-state index contributed by atoms with van der Waals surface area (Å²) in [6, 6.07) is 0. The van der Waals surface area contributed by atoms with Gasteiger partial charge in [-0.15, -0.1) is 0 Å². The zero-order chi connectivity index (χ0) is 9.31. The number of hydrogen-bond donors (Lipinski definition) is 1. The zero-order valence-corrected chi connectivity index (χ0v) is 8.76. The van der Waals surface area contributed by atoms with Crippen LogP contribution >= 0.6 is 0 Å². The molecule has 0 aromatic rings. The van der Waals surface area contributed by atoms with Crippen molar-refractivity contribution < 1.29 is 0 Å². The molecular weight excluding hydrogens is 160 g/mol. The third kappa shape index (κ3) is 2.23. The smallest absolute Gasteiger partial charge is 0.0285 e. The molecule has 2 fully saturated rings. The monoisotopic (exact) mass is 182 g/mol. The number of rotatable bonds is 2. The first-order valence-corrected chi connectivity index (χ1v) is 5.69. The highest BCUT2D eigenvalue weighted by atomic mass is 15.2. The first-order valence-electron chi connectivity index (χ1n) is 5.69. The van der Waals surface area contributed by atoms with Crippen LogP contribution in [-0.4, -0.2) is 30.1 Å². The van der Waals surface area contributed by atoms with Crippen molar-refractivity contribution >= 4 is 0 Å². The Labute approximate surface area is 81.5 Å². The van der Waals surface area contributed by atoms with E-state index in [1.807, 2.05) is 0 Å². The van der Waals surface area contributed by atoms with E-state index < -0.39 is 0 Å².